The molecule has 0 aliphatic heterocycles. The summed E-state index contributed by atoms with van der Waals surface area (Å²) in [5, 5.41) is 13.3. The van der Waals surface area contributed by atoms with Gasteiger partial charge in [0.15, 0.2) is 0 Å². The molecular weight excluding hydrogens is 282 g/mol. The van der Waals surface area contributed by atoms with Crippen LogP contribution in [0.5, 0.6) is 0 Å². The smallest absolute Gasteiger partial charge is 0.252 e. The maximum absolute atomic E-state index is 12.3. The first-order chi connectivity index (χ1) is 9.11. The summed E-state index contributed by atoms with van der Waals surface area (Å²) in [6.07, 6.45) is 2.15. The summed E-state index contributed by atoms with van der Waals surface area (Å²) in [7, 11) is 0. The highest BCUT2D eigenvalue weighted by Crippen LogP contribution is 2.27. The quantitative estimate of drug-likeness (QED) is 0.840. The highest BCUT2D eigenvalue weighted by atomic mass is 35.5. The van der Waals surface area contributed by atoms with Gasteiger partial charge in [0, 0.05) is 9.92 Å². The van der Waals surface area contributed by atoms with Crippen molar-refractivity contribution >= 4 is 29.3 Å². The van der Waals surface area contributed by atoms with Gasteiger partial charge in [0.2, 0.25) is 0 Å². The highest BCUT2D eigenvalue weighted by molar-refractivity contribution is 7.99. The topological polar surface area (TPSA) is 49.3 Å². The number of carbonyl (C=O) groups excluding carboxylic acids is 1. The van der Waals surface area contributed by atoms with Crippen molar-refractivity contribution < 1.29 is 9.90 Å². The molecule has 19 heavy (non-hydrogen) atoms. The molecule has 2 rings (SSSR count). The number of aliphatic hydroxyl groups excluding tert-OH is 1. The van der Waals surface area contributed by atoms with E-state index in [0.717, 1.165) is 29.9 Å². The van der Waals surface area contributed by atoms with E-state index in [9.17, 15) is 9.90 Å². The zero-order valence-electron chi connectivity index (χ0n) is 10.9. The van der Waals surface area contributed by atoms with Gasteiger partial charge in [-0.3, -0.25) is 4.79 Å². The molecule has 0 unspecified atom stereocenters. The van der Waals surface area contributed by atoms with Crippen LogP contribution in [0.4, 0.5) is 0 Å². The molecule has 104 valence electrons. The van der Waals surface area contributed by atoms with Gasteiger partial charge < -0.3 is 10.4 Å². The lowest BCUT2D eigenvalue weighted by molar-refractivity contribution is 0.0870. The molecule has 1 aromatic carbocycles. The number of hydrogen-bond acceptors (Lipinski definition) is 3. The molecule has 1 saturated carbocycles. The predicted molar refractivity (Wildman–Crippen MR) is 79.0 cm³/mol. The normalized spacial score (nSPS) is 22.5. The molecule has 1 amide bonds. The molecule has 1 fully saturated rings. The molecular formula is C14H18ClNO2S. The van der Waals surface area contributed by atoms with Gasteiger partial charge in [0.05, 0.1) is 17.7 Å². The number of rotatable bonds is 4. The number of carbonyl (C=O) groups is 1. The molecule has 2 N–H and O–H groups in total. The van der Waals surface area contributed by atoms with Crippen molar-refractivity contribution in [1.82, 2.24) is 5.32 Å². The Balaban J connectivity index is 2.13. The molecule has 5 heteroatoms. The Kier molecular flexibility index (Phi) is 5.13. The van der Waals surface area contributed by atoms with E-state index in [1.807, 2.05) is 13.0 Å². The number of thioether (sulfide) groups is 1. The third-order valence-corrected chi connectivity index (χ3v) is 4.46. The van der Waals surface area contributed by atoms with Crippen LogP contribution in [0.25, 0.3) is 0 Å². The van der Waals surface area contributed by atoms with Gasteiger partial charge >= 0.3 is 0 Å². The minimum atomic E-state index is -0.418. The summed E-state index contributed by atoms with van der Waals surface area (Å²) in [4.78, 5) is 13.2. The van der Waals surface area contributed by atoms with Gasteiger partial charge in [-0.1, -0.05) is 18.5 Å². The largest absolute Gasteiger partial charge is 0.391 e. The average Bonchev–Trinajstić information content (AvgIpc) is 2.75. The van der Waals surface area contributed by atoms with Crippen LogP contribution in [0.3, 0.4) is 0 Å². The van der Waals surface area contributed by atoms with Crippen molar-refractivity contribution in [1.29, 1.82) is 0 Å². The molecule has 2 atom stereocenters. The molecule has 0 bridgehead atoms. The summed E-state index contributed by atoms with van der Waals surface area (Å²) >= 11 is 7.56. The Hall–Kier alpha value is -0.710. The average molecular weight is 300 g/mol. The molecule has 1 aromatic rings. The maximum Gasteiger partial charge on any atom is 0.252 e. The van der Waals surface area contributed by atoms with Crippen LogP contribution in [-0.4, -0.2) is 28.9 Å². The van der Waals surface area contributed by atoms with Crippen LogP contribution in [-0.2, 0) is 0 Å². The summed E-state index contributed by atoms with van der Waals surface area (Å²) < 4.78 is 0. The fraction of sp³-hybridized carbons (Fsp3) is 0.500. The van der Waals surface area contributed by atoms with Crippen LogP contribution in [0.15, 0.2) is 23.1 Å². The minimum absolute atomic E-state index is 0.123. The number of hydrogen-bond donors (Lipinski definition) is 2. The van der Waals surface area contributed by atoms with Crippen LogP contribution in [0.1, 0.15) is 36.5 Å². The van der Waals surface area contributed by atoms with E-state index >= 15 is 0 Å². The standard InChI is InChI=1S/C14H18ClNO2S/c1-2-19-13-8-9(15)6-7-10(13)14(18)16-11-4-3-5-12(11)17/h6-8,11-12,17H,2-5H2,1H3,(H,16,18)/t11-,12-/m0/s1. The van der Waals surface area contributed by atoms with Crippen molar-refractivity contribution in [2.24, 2.45) is 0 Å². The van der Waals surface area contributed by atoms with Crippen LogP contribution in [0, 0.1) is 0 Å². The number of nitrogens with one attached hydrogen (secondary N) is 1. The van der Waals surface area contributed by atoms with Crippen molar-refractivity contribution in [3.63, 3.8) is 0 Å². The van der Waals surface area contributed by atoms with Gasteiger partial charge in [0.25, 0.3) is 5.91 Å². The molecule has 0 spiro atoms. The van der Waals surface area contributed by atoms with Gasteiger partial charge in [0.1, 0.15) is 0 Å². The summed E-state index contributed by atoms with van der Waals surface area (Å²) in [6, 6.07) is 5.16. The molecule has 1 aliphatic rings. The monoisotopic (exact) mass is 299 g/mol. The molecule has 0 radical (unpaired) electrons. The third kappa shape index (κ3) is 3.65. The van der Waals surface area contributed by atoms with Crippen molar-refractivity contribution in [2.45, 2.75) is 43.2 Å². The van der Waals surface area contributed by atoms with Gasteiger partial charge in [-0.25, -0.2) is 0 Å². The SMILES string of the molecule is CCSc1cc(Cl)ccc1C(=O)N[C@H]1CCC[C@@H]1O. The fourth-order valence-corrected chi connectivity index (χ4v) is 3.39. The van der Waals surface area contributed by atoms with Crippen molar-refractivity contribution in [2.75, 3.05) is 5.75 Å². The Morgan fingerprint density at radius 1 is 1.53 bits per heavy atom. The summed E-state index contributed by atoms with van der Waals surface area (Å²) in [5.74, 6) is 0.755. The molecule has 0 aromatic heterocycles. The lowest BCUT2D eigenvalue weighted by atomic mass is 10.1. The van der Waals surface area contributed by atoms with E-state index in [-0.39, 0.29) is 11.9 Å². The van der Waals surface area contributed by atoms with Gasteiger partial charge in [-0.05, 0) is 43.2 Å². The number of benzene rings is 1. The second-order valence-electron chi connectivity index (χ2n) is 4.65. The van der Waals surface area contributed by atoms with E-state index in [0.29, 0.717) is 10.6 Å². The molecule has 1 aliphatic carbocycles. The zero-order chi connectivity index (χ0) is 13.8. The second-order valence-corrected chi connectivity index (χ2v) is 6.39. The lowest BCUT2D eigenvalue weighted by Crippen LogP contribution is -2.40. The van der Waals surface area contributed by atoms with E-state index in [4.69, 9.17) is 11.6 Å². The van der Waals surface area contributed by atoms with Crippen LogP contribution < -0.4 is 5.32 Å². The van der Waals surface area contributed by atoms with Gasteiger partial charge in [-0.2, -0.15) is 0 Å². The number of aliphatic hydroxyl groups is 1. The zero-order valence-corrected chi connectivity index (χ0v) is 12.4. The maximum atomic E-state index is 12.3. The van der Waals surface area contributed by atoms with Crippen LogP contribution in [0.2, 0.25) is 5.02 Å². The van der Waals surface area contributed by atoms with Crippen LogP contribution >= 0.6 is 23.4 Å². The molecule has 0 heterocycles. The Morgan fingerprint density at radius 2 is 2.32 bits per heavy atom. The summed E-state index contributed by atoms with van der Waals surface area (Å²) in [5.41, 5.74) is 0.635. The highest BCUT2D eigenvalue weighted by Gasteiger charge is 2.27. The van der Waals surface area contributed by atoms with E-state index < -0.39 is 6.10 Å². The first kappa shape index (κ1) is 14.7. The first-order valence-corrected chi connectivity index (χ1v) is 7.89. The van der Waals surface area contributed by atoms with Crippen molar-refractivity contribution in [3.05, 3.63) is 28.8 Å². The number of amides is 1. The van der Waals surface area contributed by atoms with Gasteiger partial charge in [-0.15, -0.1) is 11.8 Å². The van der Waals surface area contributed by atoms with E-state index in [1.165, 1.54) is 0 Å². The lowest BCUT2D eigenvalue weighted by Gasteiger charge is -2.17. The third-order valence-electron chi connectivity index (χ3n) is 3.28. The second kappa shape index (κ2) is 6.64. The summed E-state index contributed by atoms with van der Waals surface area (Å²) in [6.45, 7) is 2.04. The van der Waals surface area contributed by atoms with E-state index in [1.54, 1.807) is 23.9 Å². The number of halogens is 1. The fourth-order valence-electron chi connectivity index (χ4n) is 2.31. The first-order valence-electron chi connectivity index (χ1n) is 6.53. The Bertz CT molecular complexity index is 467. The molecule has 3 nitrogen and oxygen atoms in total. The Labute approximate surface area is 122 Å². The predicted octanol–water partition coefficient (Wildman–Crippen LogP) is 3.10. The minimum Gasteiger partial charge on any atom is -0.391 e. The molecule has 0 saturated heterocycles. The van der Waals surface area contributed by atoms with Crippen molar-refractivity contribution in [3.8, 4) is 0 Å². The van der Waals surface area contributed by atoms with E-state index in [2.05, 4.69) is 5.32 Å². The Morgan fingerprint density at radius 3 is 2.95 bits per heavy atom.